The summed E-state index contributed by atoms with van der Waals surface area (Å²) in [6, 6.07) is 30.5. The van der Waals surface area contributed by atoms with Crippen LogP contribution in [0.3, 0.4) is 0 Å². The number of carbonyl (C=O) groups excluding carboxylic acids is 2. The van der Waals surface area contributed by atoms with Gasteiger partial charge in [-0.25, -0.2) is 4.90 Å². The van der Waals surface area contributed by atoms with Crippen molar-refractivity contribution in [2.24, 2.45) is 11.8 Å². The van der Waals surface area contributed by atoms with E-state index in [1.54, 1.807) is 48.5 Å². The van der Waals surface area contributed by atoms with E-state index in [-0.39, 0.29) is 17.7 Å². The van der Waals surface area contributed by atoms with Crippen LogP contribution in [0.2, 0.25) is 5.02 Å². The van der Waals surface area contributed by atoms with E-state index < -0.39 is 16.2 Å². The third kappa shape index (κ3) is 2.87. The zero-order valence-electron chi connectivity index (χ0n) is 18.9. The maximum atomic E-state index is 14.0. The topological polar surface area (TPSA) is 46.6 Å². The third-order valence-electron chi connectivity index (χ3n) is 7.66. The monoisotopic (exact) mass is 555 g/mol. The van der Waals surface area contributed by atoms with Crippen LogP contribution in [0.15, 0.2) is 97.1 Å². The van der Waals surface area contributed by atoms with Gasteiger partial charge in [-0.2, -0.15) is 0 Å². The van der Waals surface area contributed by atoms with Crippen LogP contribution < -0.4 is 9.64 Å². The van der Waals surface area contributed by atoms with Gasteiger partial charge in [0, 0.05) is 10.9 Å². The van der Waals surface area contributed by atoms with E-state index in [4.69, 9.17) is 16.3 Å². The molecule has 2 atom stereocenters. The largest absolute Gasteiger partial charge is 0.457 e. The van der Waals surface area contributed by atoms with Gasteiger partial charge in [-0.1, -0.05) is 76.1 Å². The number of rotatable bonds is 3. The van der Waals surface area contributed by atoms with Gasteiger partial charge in [0.05, 0.1) is 21.8 Å². The Hall–Kier alpha value is -3.41. The first-order chi connectivity index (χ1) is 17.5. The molecule has 1 fully saturated rings. The summed E-state index contributed by atoms with van der Waals surface area (Å²) in [5.74, 6) is -0.224. The summed E-state index contributed by atoms with van der Waals surface area (Å²) in [4.78, 5) is 29.3. The molecule has 0 unspecified atom stereocenters. The molecule has 1 aliphatic heterocycles. The average Bonchev–Trinajstić information content (AvgIpc) is 3.17. The number of imide groups is 1. The van der Waals surface area contributed by atoms with Crippen molar-refractivity contribution in [1.82, 2.24) is 0 Å². The second-order valence-electron chi connectivity index (χ2n) is 9.43. The minimum absolute atomic E-state index is 0.157. The van der Waals surface area contributed by atoms with E-state index >= 15 is 0 Å². The molecular formula is C30H19BrClNO3. The van der Waals surface area contributed by atoms with Gasteiger partial charge in [0.1, 0.15) is 11.5 Å². The molecule has 4 aliphatic rings. The molecule has 176 valence electrons. The average molecular weight is 557 g/mol. The van der Waals surface area contributed by atoms with Crippen LogP contribution in [0.25, 0.3) is 0 Å². The highest BCUT2D eigenvalue weighted by atomic mass is 79.9. The predicted octanol–water partition coefficient (Wildman–Crippen LogP) is 7.04. The fourth-order valence-electron chi connectivity index (χ4n) is 6.24. The SMILES string of the molecule is O=C1[C@@H]2C3c4ccccc4C(Br)(c4ccccc43)[C@@H]2C(=O)N1c1ccc(Oc2ccc(Cl)cc2)cc1. The van der Waals surface area contributed by atoms with Crippen LogP contribution in [0.4, 0.5) is 5.69 Å². The summed E-state index contributed by atoms with van der Waals surface area (Å²) in [7, 11) is 0. The second-order valence-corrected chi connectivity index (χ2v) is 11.1. The standard InChI is InChI=1S/C30H19BrClNO3/c31-30-23-7-3-1-5-21(23)25(22-6-2-4-8-24(22)30)26-27(30)29(35)33(28(26)34)18-11-15-20(16-12-18)36-19-13-9-17(32)10-14-19/h1-16,25-27H/t25?,26-,27+,30?/m1/s1. The maximum absolute atomic E-state index is 14.0. The highest BCUT2D eigenvalue weighted by Crippen LogP contribution is 2.66. The number of hydrogen-bond donors (Lipinski definition) is 0. The second kappa shape index (κ2) is 7.79. The lowest BCUT2D eigenvalue weighted by Crippen LogP contribution is -2.50. The van der Waals surface area contributed by atoms with Gasteiger partial charge in [0.15, 0.2) is 0 Å². The Balaban J connectivity index is 1.28. The van der Waals surface area contributed by atoms with E-state index in [0.717, 1.165) is 22.3 Å². The van der Waals surface area contributed by atoms with Crippen molar-refractivity contribution in [2.45, 2.75) is 10.2 Å². The fourth-order valence-corrected chi connectivity index (χ4v) is 7.56. The summed E-state index contributed by atoms with van der Waals surface area (Å²) in [5, 5.41) is 0.632. The van der Waals surface area contributed by atoms with E-state index in [1.165, 1.54) is 4.90 Å². The maximum Gasteiger partial charge on any atom is 0.239 e. The van der Waals surface area contributed by atoms with Gasteiger partial charge < -0.3 is 4.74 Å². The molecule has 0 aromatic heterocycles. The molecule has 36 heavy (non-hydrogen) atoms. The van der Waals surface area contributed by atoms with Crippen LogP contribution in [0, 0.1) is 11.8 Å². The van der Waals surface area contributed by atoms with Crippen molar-refractivity contribution >= 4 is 45.0 Å². The Kier molecular flexibility index (Phi) is 4.73. The van der Waals surface area contributed by atoms with Crippen molar-refractivity contribution in [2.75, 3.05) is 4.90 Å². The van der Waals surface area contributed by atoms with E-state index in [1.807, 2.05) is 24.3 Å². The van der Waals surface area contributed by atoms with Crippen molar-refractivity contribution in [3.05, 3.63) is 124 Å². The Bertz CT molecular complexity index is 1500. The van der Waals surface area contributed by atoms with Crippen LogP contribution >= 0.6 is 27.5 Å². The Morgan fingerprint density at radius 3 is 1.83 bits per heavy atom. The van der Waals surface area contributed by atoms with E-state index in [2.05, 4.69) is 40.2 Å². The molecule has 0 N–H and O–H groups in total. The molecule has 4 aromatic carbocycles. The summed E-state index contributed by atoms with van der Waals surface area (Å²) in [5.41, 5.74) is 4.92. The fraction of sp³-hybridized carbons (Fsp3) is 0.133. The van der Waals surface area contributed by atoms with Gasteiger partial charge in [-0.3, -0.25) is 9.59 Å². The summed E-state index contributed by atoms with van der Waals surface area (Å²) in [6.07, 6.45) is 0. The van der Waals surface area contributed by atoms with Crippen LogP contribution in [-0.4, -0.2) is 11.8 Å². The molecule has 2 amide bonds. The molecule has 6 heteroatoms. The Morgan fingerprint density at radius 2 is 1.25 bits per heavy atom. The minimum Gasteiger partial charge on any atom is -0.457 e. The van der Waals surface area contributed by atoms with Gasteiger partial charge >= 0.3 is 0 Å². The van der Waals surface area contributed by atoms with Gasteiger partial charge in [0.25, 0.3) is 0 Å². The van der Waals surface area contributed by atoms with Crippen molar-refractivity contribution in [3.63, 3.8) is 0 Å². The number of nitrogens with zero attached hydrogens (tertiary/aromatic N) is 1. The lowest BCUT2D eigenvalue weighted by molar-refractivity contribution is -0.122. The van der Waals surface area contributed by atoms with E-state index in [0.29, 0.717) is 22.2 Å². The molecule has 3 aliphatic carbocycles. The highest BCUT2D eigenvalue weighted by molar-refractivity contribution is 9.09. The van der Waals surface area contributed by atoms with Gasteiger partial charge in [-0.05, 0) is 70.8 Å². The number of benzene rings is 4. The smallest absolute Gasteiger partial charge is 0.239 e. The summed E-state index contributed by atoms with van der Waals surface area (Å²) < 4.78 is 5.14. The molecule has 0 spiro atoms. The van der Waals surface area contributed by atoms with Crippen LogP contribution in [0.5, 0.6) is 11.5 Å². The number of carbonyl (C=O) groups is 2. The van der Waals surface area contributed by atoms with Crippen molar-refractivity contribution in [3.8, 4) is 11.5 Å². The Labute approximate surface area is 221 Å². The quantitative estimate of drug-likeness (QED) is 0.201. The molecule has 2 bridgehead atoms. The minimum atomic E-state index is -0.751. The number of anilines is 1. The van der Waals surface area contributed by atoms with Crippen molar-refractivity contribution in [1.29, 1.82) is 0 Å². The molecule has 0 radical (unpaired) electrons. The molecule has 4 aromatic rings. The summed E-state index contributed by atoms with van der Waals surface area (Å²) >= 11 is 9.98. The predicted molar refractivity (Wildman–Crippen MR) is 142 cm³/mol. The van der Waals surface area contributed by atoms with Crippen molar-refractivity contribution < 1.29 is 14.3 Å². The van der Waals surface area contributed by atoms with Gasteiger partial charge in [-0.15, -0.1) is 0 Å². The highest BCUT2D eigenvalue weighted by Gasteiger charge is 2.67. The first kappa shape index (κ1) is 21.8. The number of halogens is 2. The molecular weight excluding hydrogens is 538 g/mol. The lowest BCUT2D eigenvalue weighted by Gasteiger charge is -2.51. The number of amides is 2. The lowest BCUT2D eigenvalue weighted by atomic mass is 9.55. The zero-order valence-corrected chi connectivity index (χ0v) is 21.2. The zero-order chi connectivity index (χ0) is 24.6. The molecule has 1 saturated heterocycles. The number of alkyl halides is 1. The third-order valence-corrected chi connectivity index (χ3v) is 9.26. The van der Waals surface area contributed by atoms with Crippen LogP contribution in [-0.2, 0) is 13.9 Å². The molecule has 1 heterocycles. The normalized spacial score (nSPS) is 25.4. The number of hydrogen-bond acceptors (Lipinski definition) is 3. The molecule has 8 rings (SSSR count). The summed E-state index contributed by atoms with van der Waals surface area (Å²) in [6.45, 7) is 0. The van der Waals surface area contributed by atoms with Gasteiger partial charge in [0.2, 0.25) is 11.8 Å². The Morgan fingerprint density at radius 1 is 0.722 bits per heavy atom. The van der Waals surface area contributed by atoms with Crippen LogP contribution in [0.1, 0.15) is 28.2 Å². The molecule has 4 nitrogen and oxygen atoms in total. The number of ether oxygens (including phenoxy) is 1. The molecule has 0 saturated carbocycles. The first-order valence-electron chi connectivity index (χ1n) is 11.8. The first-order valence-corrected chi connectivity index (χ1v) is 12.9. The van der Waals surface area contributed by atoms with E-state index in [9.17, 15) is 9.59 Å².